The zero-order valence-corrected chi connectivity index (χ0v) is 14.0. The Morgan fingerprint density at radius 2 is 2.00 bits per heavy atom. The number of hydrogen-bond acceptors (Lipinski definition) is 5. The van der Waals surface area contributed by atoms with Crippen molar-refractivity contribution in [1.82, 2.24) is 19.3 Å². The number of urea groups is 1. The van der Waals surface area contributed by atoms with E-state index in [2.05, 4.69) is 20.7 Å². The van der Waals surface area contributed by atoms with Crippen LogP contribution in [0.4, 0.5) is 16.3 Å². The highest BCUT2D eigenvalue weighted by molar-refractivity contribution is 6.00. The van der Waals surface area contributed by atoms with Crippen LogP contribution in [-0.4, -0.2) is 48.8 Å². The smallest absolute Gasteiger partial charge is 0.324 e. The Morgan fingerprint density at radius 1 is 1.24 bits per heavy atom. The van der Waals surface area contributed by atoms with E-state index in [-0.39, 0.29) is 13.2 Å². The third-order valence-corrected chi connectivity index (χ3v) is 3.87. The molecule has 9 heteroatoms. The standard InChI is InChI=1S/C16H20N6O3/c1-10-17-13-7-11(3-4-14(13)22(10)12(8-23)9-24)18-16(25)19-15-5-6-21(2)20-15/h3-7,12,23-24H,8-9H2,1-2H3,(H2,18,19,20,25). The molecule has 0 aliphatic heterocycles. The Kier molecular flexibility index (Phi) is 4.68. The number of benzene rings is 1. The molecule has 3 aromatic rings. The Hall–Kier alpha value is -2.91. The molecule has 0 radical (unpaired) electrons. The number of imidazole rings is 1. The Labute approximate surface area is 143 Å². The largest absolute Gasteiger partial charge is 0.394 e. The molecule has 0 bridgehead atoms. The molecule has 1 aromatic carbocycles. The summed E-state index contributed by atoms with van der Waals surface area (Å²) in [6, 6.07) is 6.11. The first-order valence-corrected chi connectivity index (χ1v) is 7.79. The van der Waals surface area contributed by atoms with Gasteiger partial charge in [-0.15, -0.1) is 0 Å². The zero-order chi connectivity index (χ0) is 18.0. The molecule has 0 saturated heterocycles. The molecule has 0 fully saturated rings. The van der Waals surface area contributed by atoms with Gasteiger partial charge in [0.2, 0.25) is 0 Å². The lowest BCUT2D eigenvalue weighted by Gasteiger charge is -2.16. The summed E-state index contributed by atoms with van der Waals surface area (Å²) in [5.74, 6) is 1.13. The van der Waals surface area contributed by atoms with Gasteiger partial charge in [0.25, 0.3) is 0 Å². The second kappa shape index (κ2) is 6.91. The number of nitrogens with zero attached hydrogens (tertiary/aromatic N) is 4. The summed E-state index contributed by atoms with van der Waals surface area (Å²) < 4.78 is 3.38. The van der Waals surface area contributed by atoms with Gasteiger partial charge in [-0.3, -0.25) is 10.00 Å². The SMILES string of the molecule is Cc1nc2cc(NC(=O)Nc3ccn(C)n3)ccc2n1C(CO)CO. The Balaban J connectivity index is 1.80. The highest BCUT2D eigenvalue weighted by atomic mass is 16.3. The normalized spacial score (nSPS) is 11.2. The fourth-order valence-corrected chi connectivity index (χ4v) is 2.74. The van der Waals surface area contributed by atoms with E-state index in [4.69, 9.17) is 0 Å². The minimum Gasteiger partial charge on any atom is -0.394 e. The van der Waals surface area contributed by atoms with Crippen LogP contribution >= 0.6 is 0 Å². The molecule has 25 heavy (non-hydrogen) atoms. The Morgan fingerprint density at radius 3 is 2.64 bits per heavy atom. The van der Waals surface area contributed by atoms with Crippen molar-refractivity contribution >= 4 is 28.6 Å². The predicted molar refractivity (Wildman–Crippen MR) is 93.5 cm³/mol. The molecular formula is C16H20N6O3. The van der Waals surface area contributed by atoms with Gasteiger partial charge in [0.15, 0.2) is 5.82 Å². The monoisotopic (exact) mass is 344 g/mol. The minimum atomic E-state index is -0.448. The topological polar surface area (TPSA) is 117 Å². The van der Waals surface area contributed by atoms with Crippen molar-refractivity contribution in [2.75, 3.05) is 23.8 Å². The van der Waals surface area contributed by atoms with Crippen LogP contribution in [0.25, 0.3) is 11.0 Å². The molecule has 9 nitrogen and oxygen atoms in total. The molecule has 0 aliphatic carbocycles. The van der Waals surface area contributed by atoms with Gasteiger partial charge in [0, 0.05) is 25.0 Å². The van der Waals surface area contributed by atoms with E-state index in [1.165, 1.54) is 0 Å². The molecule has 132 valence electrons. The number of rotatable bonds is 5. The summed E-state index contributed by atoms with van der Waals surface area (Å²) in [5.41, 5.74) is 2.02. The van der Waals surface area contributed by atoms with Crippen LogP contribution in [0.15, 0.2) is 30.5 Å². The first-order chi connectivity index (χ1) is 12.0. The molecule has 2 heterocycles. The number of aryl methyl sites for hydroxylation is 2. The number of hydrogen-bond donors (Lipinski definition) is 4. The third kappa shape index (κ3) is 3.47. The Bertz CT molecular complexity index is 897. The van der Waals surface area contributed by atoms with E-state index in [1.807, 2.05) is 0 Å². The lowest BCUT2D eigenvalue weighted by atomic mass is 10.2. The average molecular weight is 344 g/mol. The van der Waals surface area contributed by atoms with Gasteiger partial charge in [-0.1, -0.05) is 0 Å². The summed E-state index contributed by atoms with van der Waals surface area (Å²) in [6.07, 6.45) is 1.73. The molecule has 2 aromatic heterocycles. The number of aliphatic hydroxyl groups is 2. The molecule has 2 amide bonds. The number of fused-ring (bicyclic) bond motifs is 1. The summed E-state index contributed by atoms with van der Waals surface area (Å²) >= 11 is 0. The average Bonchev–Trinajstić information content (AvgIpc) is 3.11. The number of aliphatic hydroxyl groups excluding tert-OH is 2. The lowest BCUT2D eigenvalue weighted by Crippen LogP contribution is -2.20. The van der Waals surface area contributed by atoms with Gasteiger partial charge in [-0.2, -0.15) is 5.10 Å². The van der Waals surface area contributed by atoms with Gasteiger partial charge < -0.3 is 20.1 Å². The van der Waals surface area contributed by atoms with Gasteiger partial charge >= 0.3 is 6.03 Å². The van der Waals surface area contributed by atoms with Crippen LogP contribution in [-0.2, 0) is 7.05 Å². The minimum absolute atomic E-state index is 0.185. The van der Waals surface area contributed by atoms with E-state index < -0.39 is 12.1 Å². The zero-order valence-electron chi connectivity index (χ0n) is 14.0. The number of anilines is 2. The van der Waals surface area contributed by atoms with Gasteiger partial charge in [-0.05, 0) is 25.1 Å². The number of nitrogens with one attached hydrogen (secondary N) is 2. The van der Waals surface area contributed by atoms with E-state index in [9.17, 15) is 15.0 Å². The van der Waals surface area contributed by atoms with Crippen LogP contribution in [0.5, 0.6) is 0 Å². The first kappa shape index (κ1) is 16.9. The summed E-state index contributed by atoms with van der Waals surface area (Å²) in [7, 11) is 1.77. The highest BCUT2D eigenvalue weighted by Gasteiger charge is 2.16. The number of aromatic nitrogens is 4. The van der Waals surface area contributed by atoms with Crippen LogP contribution < -0.4 is 10.6 Å². The van der Waals surface area contributed by atoms with Crippen LogP contribution in [0.3, 0.4) is 0 Å². The van der Waals surface area contributed by atoms with E-state index >= 15 is 0 Å². The van der Waals surface area contributed by atoms with Crippen molar-refractivity contribution in [2.24, 2.45) is 7.05 Å². The van der Waals surface area contributed by atoms with Crippen molar-refractivity contribution in [2.45, 2.75) is 13.0 Å². The van der Waals surface area contributed by atoms with Gasteiger partial charge in [0.05, 0.1) is 30.3 Å². The van der Waals surface area contributed by atoms with Crippen LogP contribution in [0.2, 0.25) is 0 Å². The van der Waals surface area contributed by atoms with Crippen LogP contribution in [0.1, 0.15) is 11.9 Å². The molecule has 0 unspecified atom stereocenters. The van der Waals surface area contributed by atoms with E-state index in [1.54, 1.807) is 53.7 Å². The molecule has 0 atom stereocenters. The molecule has 0 saturated carbocycles. The maximum Gasteiger partial charge on any atom is 0.324 e. The summed E-state index contributed by atoms with van der Waals surface area (Å²) in [6.45, 7) is 1.43. The summed E-state index contributed by atoms with van der Waals surface area (Å²) in [5, 5.41) is 28.3. The molecule has 0 aliphatic rings. The summed E-state index contributed by atoms with van der Waals surface area (Å²) in [4.78, 5) is 16.5. The second-order valence-corrected chi connectivity index (χ2v) is 5.71. The molecule has 4 N–H and O–H groups in total. The number of amides is 2. The molecule has 0 spiro atoms. The van der Waals surface area contributed by atoms with E-state index in [0.29, 0.717) is 22.8 Å². The predicted octanol–water partition coefficient (Wildman–Crippen LogP) is 1.25. The quantitative estimate of drug-likeness (QED) is 0.556. The number of carbonyl (C=O) groups excluding carboxylic acids is 1. The fraction of sp³-hybridized carbons (Fsp3) is 0.312. The molecule has 3 rings (SSSR count). The fourth-order valence-electron chi connectivity index (χ4n) is 2.74. The lowest BCUT2D eigenvalue weighted by molar-refractivity contribution is 0.155. The number of carbonyl (C=O) groups is 1. The van der Waals surface area contributed by atoms with Crippen LogP contribution in [0, 0.1) is 6.92 Å². The first-order valence-electron chi connectivity index (χ1n) is 7.79. The van der Waals surface area contributed by atoms with Crippen molar-refractivity contribution in [3.63, 3.8) is 0 Å². The van der Waals surface area contributed by atoms with E-state index in [0.717, 1.165) is 5.52 Å². The van der Waals surface area contributed by atoms with Crippen molar-refractivity contribution in [3.05, 3.63) is 36.3 Å². The van der Waals surface area contributed by atoms with Gasteiger partial charge in [0.1, 0.15) is 5.82 Å². The highest BCUT2D eigenvalue weighted by Crippen LogP contribution is 2.24. The van der Waals surface area contributed by atoms with Crippen molar-refractivity contribution in [1.29, 1.82) is 0 Å². The van der Waals surface area contributed by atoms with Crippen molar-refractivity contribution in [3.8, 4) is 0 Å². The maximum absolute atomic E-state index is 12.0. The van der Waals surface area contributed by atoms with Gasteiger partial charge in [-0.25, -0.2) is 9.78 Å². The van der Waals surface area contributed by atoms with Crippen molar-refractivity contribution < 1.29 is 15.0 Å². The second-order valence-electron chi connectivity index (χ2n) is 5.71. The third-order valence-electron chi connectivity index (χ3n) is 3.87. The maximum atomic E-state index is 12.0. The molecular weight excluding hydrogens is 324 g/mol.